The Bertz CT molecular complexity index is 394. The van der Waals surface area contributed by atoms with Crippen molar-refractivity contribution in [3.63, 3.8) is 0 Å². The van der Waals surface area contributed by atoms with E-state index >= 15 is 0 Å². The van der Waals surface area contributed by atoms with E-state index in [9.17, 15) is 4.39 Å². The number of nitrogens with one attached hydrogen (secondary N) is 1. The molecule has 2 unspecified atom stereocenters. The zero-order chi connectivity index (χ0) is 13.0. The van der Waals surface area contributed by atoms with Crippen LogP contribution in [0.4, 0.5) is 4.39 Å². The second-order valence-corrected chi connectivity index (χ2v) is 6.27. The third-order valence-corrected chi connectivity index (χ3v) is 4.71. The van der Waals surface area contributed by atoms with Crippen LogP contribution >= 0.6 is 15.9 Å². The lowest BCUT2D eigenvalue weighted by Gasteiger charge is -2.26. The lowest BCUT2D eigenvalue weighted by molar-refractivity contribution is 0.274. The van der Waals surface area contributed by atoms with Crippen LogP contribution in [0.1, 0.15) is 38.2 Å². The van der Waals surface area contributed by atoms with Crippen LogP contribution in [0.15, 0.2) is 22.7 Å². The first-order valence-electron chi connectivity index (χ1n) is 6.80. The summed E-state index contributed by atoms with van der Waals surface area (Å²) in [7, 11) is 0. The molecule has 0 saturated heterocycles. The summed E-state index contributed by atoms with van der Waals surface area (Å²) in [6, 6.07) is 5.21. The number of hydrogen-bond donors (Lipinski definition) is 1. The maximum atomic E-state index is 13.3. The minimum absolute atomic E-state index is 0.180. The van der Waals surface area contributed by atoms with Crippen LogP contribution in [0.2, 0.25) is 0 Å². The van der Waals surface area contributed by atoms with Gasteiger partial charge in [-0.25, -0.2) is 4.39 Å². The van der Waals surface area contributed by atoms with E-state index in [4.69, 9.17) is 0 Å². The molecule has 0 aliphatic heterocycles. The molecule has 2 atom stereocenters. The fraction of sp³-hybridized carbons (Fsp3) is 0.600. The fourth-order valence-corrected chi connectivity index (χ4v) is 3.25. The van der Waals surface area contributed by atoms with Gasteiger partial charge >= 0.3 is 0 Å². The van der Waals surface area contributed by atoms with Gasteiger partial charge in [0.1, 0.15) is 5.82 Å². The molecule has 18 heavy (non-hydrogen) atoms. The van der Waals surface area contributed by atoms with Crippen LogP contribution in [0.25, 0.3) is 0 Å². The van der Waals surface area contributed by atoms with E-state index in [1.54, 1.807) is 6.07 Å². The third-order valence-electron chi connectivity index (χ3n) is 3.83. The molecular weight excluding hydrogens is 293 g/mol. The van der Waals surface area contributed by atoms with Gasteiger partial charge in [-0.15, -0.1) is 0 Å². The lowest BCUT2D eigenvalue weighted by Crippen LogP contribution is -2.26. The van der Waals surface area contributed by atoms with Gasteiger partial charge in [0.25, 0.3) is 0 Å². The molecule has 1 N–H and O–H groups in total. The highest BCUT2D eigenvalue weighted by atomic mass is 79.9. The zero-order valence-electron chi connectivity index (χ0n) is 10.9. The van der Waals surface area contributed by atoms with Crippen molar-refractivity contribution < 1.29 is 4.39 Å². The molecular formula is C15H21BrFN. The second kappa shape index (κ2) is 6.67. The van der Waals surface area contributed by atoms with Gasteiger partial charge < -0.3 is 5.32 Å². The van der Waals surface area contributed by atoms with Gasteiger partial charge in [0.2, 0.25) is 0 Å². The Balaban J connectivity index is 1.79. The number of halogens is 2. The molecule has 0 heterocycles. The quantitative estimate of drug-likeness (QED) is 0.862. The molecule has 1 nitrogen and oxygen atoms in total. The summed E-state index contributed by atoms with van der Waals surface area (Å²) in [5.74, 6) is 1.48. The first kappa shape index (κ1) is 14.0. The van der Waals surface area contributed by atoms with Crippen LogP contribution in [-0.2, 0) is 6.54 Å². The first-order valence-corrected chi connectivity index (χ1v) is 7.59. The average molecular weight is 314 g/mol. The van der Waals surface area contributed by atoms with E-state index in [2.05, 4.69) is 28.2 Å². The van der Waals surface area contributed by atoms with Crippen LogP contribution < -0.4 is 5.32 Å². The maximum Gasteiger partial charge on any atom is 0.137 e. The van der Waals surface area contributed by atoms with Crippen molar-refractivity contribution in [2.24, 2.45) is 11.8 Å². The highest BCUT2D eigenvalue weighted by molar-refractivity contribution is 9.10. The van der Waals surface area contributed by atoms with Crippen molar-refractivity contribution in [1.82, 2.24) is 5.32 Å². The van der Waals surface area contributed by atoms with Gasteiger partial charge in [-0.1, -0.05) is 31.9 Å². The Kier molecular flexibility index (Phi) is 5.19. The van der Waals surface area contributed by atoms with E-state index in [-0.39, 0.29) is 5.82 Å². The van der Waals surface area contributed by atoms with E-state index in [0.717, 1.165) is 30.5 Å². The van der Waals surface area contributed by atoms with E-state index < -0.39 is 0 Å². The molecule has 1 aromatic rings. The predicted molar refractivity (Wildman–Crippen MR) is 76.9 cm³/mol. The molecule has 1 aliphatic rings. The summed E-state index contributed by atoms with van der Waals surface area (Å²) in [6.07, 6.45) is 5.40. The predicted octanol–water partition coefficient (Wildman–Crippen LogP) is 4.50. The Morgan fingerprint density at radius 1 is 1.39 bits per heavy atom. The molecule has 1 aliphatic carbocycles. The minimum Gasteiger partial charge on any atom is -0.312 e. The number of benzene rings is 1. The Morgan fingerprint density at radius 2 is 2.22 bits per heavy atom. The third kappa shape index (κ3) is 3.79. The molecule has 0 bridgehead atoms. The maximum absolute atomic E-state index is 13.3. The van der Waals surface area contributed by atoms with Crippen molar-refractivity contribution in [1.29, 1.82) is 0 Å². The first-order chi connectivity index (χ1) is 8.66. The van der Waals surface area contributed by atoms with Gasteiger partial charge in [-0.2, -0.15) is 0 Å². The minimum atomic E-state index is -0.180. The Labute approximate surface area is 117 Å². The van der Waals surface area contributed by atoms with Crippen LogP contribution in [0, 0.1) is 17.7 Å². The molecule has 0 radical (unpaired) electrons. The number of rotatable bonds is 4. The summed E-state index contributed by atoms with van der Waals surface area (Å²) in [4.78, 5) is 0. The van der Waals surface area contributed by atoms with Crippen LogP contribution in [0.5, 0.6) is 0 Å². The summed E-state index contributed by atoms with van der Waals surface area (Å²) >= 11 is 3.30. The highest BCUT2D eigenvalue weighted by Crippen LogP contribution is 2.28. The normalized spacial score (nSPS) is 24.2. The van der Waals surface area contributed by atoms with E-state index in [1.807, 2.05) is 6.07 Å². The fourth-order valence-electron chi connectivity index (χ4n) is 2.84. The van der Waals surface area contributed by atoms with Gasteiger partial charge in [0, 0.05) is 6.54 Å². The molecule has 0 amide bonds. The number of hydrogen-bond acceptors (Lipinski definition) is 1. The summed E-state index contributed by atoms with van der Waals surface area (Å²) < 4.78 is 13.9. The largest absolute Gasteiger partial charge is 0.312 e. The van der Waals surface area contributed by atoms with Crippen molar-refractivity contribution >= 4 is 15.9 Å². The Morgan fingerprint density at radius 3 is 3.00 bits per heavy atom. The molecule has 3 heteroatoms. The Hall–Kier alpha value is -0.410. The topological polar surface area (TPSA) is 12.0 Å². The second-order valence-electron chi connectivity index (χ2n) is 5.48. The zero-order valence-corrected chi connectivity index (χ0v) is 12.5. The smallest absolute Gasteiger partial charge is 0.137 e. The molecule has 1 fully saturated rings. The van der Waals surface area contributed by atoms with Crippen molar-refractivity contribution in [2.45, 2.75) is 39.2 Å². The molecule has 1 saturated carbocycles. The molecule has 100 valence electrons. The van der Waals surface area contributed by atoms with Gasteiger partial charge in [-0.05, 0) is 58.8 Å². The van der Waals surface area contributed by atoms with Gasteiger partial charge in [0.05, 0.1) is 4.47 Å². The van der Waals surface area contributed by atoms with Gasteiger partial charge in [-0.3, -0.25) is 0 Å². The monoisotopic (exact) mass is 313 g/mol. The van der Waals surface area contributed by atoms with Crippen molar-refractivity contribution in [3.05, 3.63) is 34.1 Å². The lowest BCUT2D eigenvalue weighted by atomic mass is 9.82. The summed E-state index contributed by atoms with van der Waals surface area (Å²) in [5.41, 5.74) is 0.999. The highest BCUT2D eigenvalue weighted by Gasteiger charge is 2.18. The van der Waals surface area contributed by atoms with Crippen molar-refractivity contribution in [3.8, 4) is 0 Å². The van der Waals surface area contributed by atoms with Crippen LogP contribution in [0.3, 0.4) is 0 Å². The van der Waals surface area contributed by atoms with E-state index in [1.165, 1.54) is 31.7 Å². The molecule has 2 rings (SSSR count). The summed E-state index contributed by atoms with van der Waals surface area (Å²) in [6.45, 7) is 4.13. The molecule has 1 aromatic carbocycles. The van der Waals surface area contributed by atoms with Crippen molar-refractivity contribution in [2.75, 3.05) is 6.54 Å². The van der Waals surface area contributed by atoms with Crippen LogP contribution in [-0.4, -0.2) is 6.54 Å². The SMILES string of the molecule is CC1CCCC(CNCc2cccc(F)c2Br)C1. The van der Waals surface area contributed by atoms with E-state index in [0.29, 0.717) is 4.47 Å². The van der Waals surface area contributed by atoms with Gasteiger partial charge in [0.15, 0.2) is 0 Å². The summed E-state index contributed by atoms with van der Waals surface area (Å²) in [5, 5.41) is 3.46. The average Bonchev–Trinajstić information content (AvgIpc) is 2.35. The standard InChI is InChI=1S/C15H21BrFN/c1-11-4-2-5-12(8-11)9-18-10-13-6-3-7-14(17)15(13)16/h3,6-7,11-12,18H,2,4-5,8-10H2,1H3. The molecule has 0 aromatic heterocycles. The molecule has 0 spiro atoms.